The molecule has 1 saturated carbocycles. The molecule has 1 unspecified atom stereocenters. The Morgan fingerprint density at radius 1 is 1.00 bits per heavy atom. The van der Waals surface area contributed by atoms with Crippen LogP contribution in [0.3, 0.4) is 0 Å². The van der Waals surface area contributed by atoms with Crippen LogP contribution in [0, 0.1) is 18.3 Å². The Labute approximate surface area is 235 Å². The standard InChI is InChI=1S/C30H38O6SSe/c1-21-12-16-23(17-13-21)37(33)24(18-22-14-15-22)19-30(27(31)34-4,28(32)35-5)20-26(29(2,3)36-6)38-25-10-8-7-9-11-25/h7-13,16-18,22,26H,14-15,19-20H2,1-6H3/b24-18+/t26?,37-/m0/s1. The molecular weight excluding hydrogens is 567 g/mol. The van der Waals surface area contributed by atoms with E-state index in [4.69, 9.17) is 14.2 Å². The molecule has 0 radical (unpaired) electrons. The molecule has 0 aliphatic heterocycles. The molecule has 0 bridgehead atoms. The molecule has 6 nitrogen and oxygen atoms in total. The van der Waals surface area contributed by atoms with Crippen molar-refractivity contribution in [3.8, 4) is 0 Å². The number of hydrogen-bond acceptors (Lipinski definition) is 6. The van der Waals surface area contributed by atoms with Crippen molar-refractivity contribution in [2.75, 3.05) is 21.3 Å². The van der Waals surface area contributed by atoms with Gasteiger partial charge in [0.05, 0.1) is 0 Å². The fourth-order valence-corrected chi connectivity index (χ4v) is 8.52. The summed E-state index contributed by atoms with van der Waals surface area (Å²) >= 11 is -0.148. The third-order valence-electron chi connectivity index (χ3n) is 7.00. The van der Waals surface area contributed by atoms with E-state index in [1.165, 1.54) is 14.2 Å². The van der Waals surface area contributed by atoms with Gasteiger partial charge in [-0.3, -0.25) is 0 Å². The van der Waals surface area contributed by atoms with Crippen molar-refractivity contribution < 1.29 is 28.0 Å². The summed E-state index contributed by atoms with van der Waals surface area (Å²) in [6.07, 6.45) is 4.05. The zero-order chi connectivity index (χ0) is 27.9. The average molecular weight is 606 g/mol. The molecule has 206 valence electrons. The molecule has 1 fully saturated rings. The molecule has 38 heavy (non-hydrogen) atoms. The van der Waals surface area contributed by atoms with Crippen molar-refractivity contribution >= 4 is 42.2 Å². The molecule has 1 aliphatic carbocycles. The summed E-state index contributed by atoms with van der Waals surface area (Å²) < 4.78 is 31.4. The van der Waals surface area contributed by atoms with Crippen LogP contribution in [-0.4, -0.2) is 58.0 Å². The number of carbonyl (C=O) groups is 2. The van der Waals surface area contributed by atoms with Crippen LogP contribution >= 0.6 is 0 Å². The maximum atomic E-state index is 13.9. The van der Waals surface area contributed by atoms with E-state index in [-0.39, 0.29) is 38.5 Å². The second-order valence-corrected chi connectivity index (χ2v) is 14.4. The monoisotopic (exact) mass is 606 g/mol. The Bertz CT molecular complexity index is 1140. The van der Waals surface area contributed by atoms with Crippen LogP contribution in [0.5, 0.6) is 0 Å². The first-order valence-electron chi connectivity index (χ1n) is 12.7. The number of esters is 2. The molecule has 0 aromatic heterocycles. The van der Waals surface area contributed by atoms with Crippen molar-refractivity contribution in [2.45, 2.75) is 61.8 Å². The third-order valence-corrected chi connectivity index (χ3v) is 11.7. The van der Waals surface area contributed by atoms with E-state index in [9.17, 15) is 13.8 Å². The second-order valence-electron chi connectivity index (χ2n) is 10.2. The number of aryl methyl sites for hydroxylation is 1. The molecule has 0 spiro atoms. The van der Waals surface area contributed by atoms with E-state index >= 15 is 0 Å². The molecule has 0 amide bonds. The number of allylic oxidation sites excluding steroid dienone is 2. The van der Waals surface area contributed by atoms with E-state index in [0.29, 0.717) is 9.80 Å². The molecule has 0 N–H and O–H groups in total. The molecule has 2 aromatic carbocycles. The summed E-state index contributed by atoms with van der Waals surface area (Å²) in [4.78, 5) is 28.2. The molecule has 8 heteroatoms. The van der Waals surface area contributed by atoms with E-state index in [1.807, 2.05) is 81.4 Å². The van der Waals surface area contributed by atoms with E-state index in [1.54, 1.807) is 7.11 Å². The molecule has 0 saturated heterocycles. The van der Waals surface area contributed by atoms with Crippen LogP contribution in [0.2, 0.25) is 4.82 Å². The molecule has 0 heterocycles. The summed E-state index contributed by atoms with van der Waals surface area (Å²) in [6, 6.07) is 17.5. The van der Waals surface area contributed by atoms with Crippen molar-refractivity contribution in [1.82, 2.24) is 0 Å². The van der Waals surface area contributed by atoms with Gasteiger partial charge in [0.15, 0.2) is 0 Å². The van der Waals surface area contributed by atoms with Crippen molar-refractivity contribution in [1.29, 1.82) is 0 Å². The first kappa shape index (κ1) is 30.3. The number of carbonyl (C=O) groups excluding carboxylic acids is 2. The Morgan fingerprint density at radius 2 is 1.58 bits per heavy atom. The fourth-order valence-electron chi connectivity index (χ4n) is 4.22. The van der Waals surface area contributed by atoms with E-state index < -0.39 is 33.8 Å². The second kappa shape index (κ2) is 13.2. The molecule has 2 aromatic rings. The van der Waals surface area contributed by atoms with Crippen molar-refractivity contribution in [3.05, 3.63) is 71.1 Å². The number of hydrogen-bond donors (Lipinski definition) is 0. The molecule has 2 atom stereocenters. The van der Waals surface area contributed by atoms with E-state index in [0.717, 1.165) is 22.9 Å². The summed E-state index contributed by atoms with van der Waals surface area (Å²) in [7, 11) is 2.64. The van der Waals surface area contributed by atoms with Crippen LogP contribution in [0.4, 0.5) is 0 Å². The van der Waals surface area contributed by atoms with Crippen molar-refractivity contribution in [3.63, 3.8) is 0 Å². The van der Waals surface area contributed by atoms with Gasteiger partial charge < -0.3 is 0 Å². The molecule has 1 aliphatic rings. The van der Waals surface area contributed by atoms with Crippen LogP contribution in [0.1, 0.15) is 45.1 Å². The normalized spacial score (nSPS) is 16.0. The van der Waals surface area contributed by atoms with Gasteiger partial charge in [-0.2, -0.15) is 0 Å². The number of ether oxygens (including phenoxy) is 3. The first-order chi connectivity index (χ1) is 18.1. The van der Waals surface area contributed by atoms with Crippen LogP contribution < -0.4 is 4.46 Å². The van der Waals surface area contributed by atoms with Gasteiger partial charge in [0.25, 0.3) is 0 Å². The Balaban J connectivity index is 2.10. The quantitative estimate of drug-likeness (QED) is 0.186. The predicted molar refractivity (Wildman–Crippen MR) is 151 cm³/mol. The topological polar surface area (TPSA) is 78.9 Å². The van der Waals surface area contributed by atoms with Gasteiger partial charge in [-0.05, 0) is 0 Å². The van der Waals surface area contributed by atoms with Crippen LogP contribution in [0.25, 0.3) is 0 Å². The zero-order valence-corrected chi connectivity index (χ0v) is 25.6. The first-order valence-corrected chi connectivity index (χ1v) is 15.7. The van der Waals surface area contributed by atoms with Gasteiger partial charge in [-0.25, -0.2) is 0 Å². The molecule has 3 rings (SSSR count). The van der Waals surface area contributed by atoms with Crippen LogP contribution in [-0.2, 0) is 34.6 Å². The minimum atomic E-state index is -1.68. The van der Waals surface area contributed by atoms with Gasteiger partial charge in [-0.15, -0.1) is 0 Å². The van der Waals surface area contributed by atoms with Gasteiger partial charge in [0.1, 0.15) is 0 Å². The third kappa shape index (κ3) is 7.44. The Morgan fingerprint density at radius 3 is 2.08 bits per heavy atom. The Hall–Kier alpha value is -2.25. The maximum absolute atomic E-state index is 13.9. The Kier molecular flexibility index (Phi) is 10.5. The average Bonchev–Trinajstić information content (AvgIpc) is 3.75. The summed E-state index contributed by atoms with van der Waals surface area (Å²) in [6.45, 7) is 5.90. The fraction of sp³-hybridized carbons (Fsp3) is 0.467. The number of methoxy groups -OCH3 is 3. The van der Waals surface area contributed by atoms with Crippen LogP contribution in [0.15, 0.2) is 70.5 Å². The summed E-state index contributed by atoms with van der Waals surface area (Å²) in [5, 5.41) is 0. The number of benzene rings is 2. The van der Waals surface area contributed by atoms with Gasteiger partial charge >= 0.3 is 236 Å². The summed E-state index contributed by atoms with van der Waals surface area (Å²) in [5.74, 6) is -1.09. The van der Waals surface area contributed by atoms with E-state index in [2.05, 4.69) is 0 Å². The predicted octanol–water partition coefficient (Wildman–Crippen LogP) is 4.75. The summed E-state index contributed by atoms with van der Waals surface area (Å²) in [5.41, 5.74) is -1.27. The SMILES string of the molecule is COC(=O)C(C/C(=C\C1CC1)[S@@](=O)c1ccc(C)cc1)(CC([Se]c1ccccc1)C(C)(C)OC)C(=O)OC. The molecular formula is C30H38O6SSe. The van der Waals surface area contributed by atoms with Gasteiger partial charge in [0.2, 0.25) is 0 Å². The van der Waals surface area contributed by atoms with Crippen molar-refractivity contribution in [2.24, 2.45) is 11.3 Å². The van der Waals surface area contributed by atoms with Gasteiger partial charge in [-0.1, -0.05) is 0 Å². The minimum absolute atomic E-state index is 0.0511. The number of rotatable bonds is 13. The zero-order valence-electron chi connectivity index (χ0n) is 23.0. The van der Waals surface area contributed by atoms with Gasteiger partial charge in [0, 0.05) is 0 Å².